The van der Waals surface area contributed by atoms with Crippen LogP contribution >= 0.6 is 13.5 Å². The molecule has 0 nitrogen and oxygen atoms in total. The summed E-state index contributed by atoms with van der Waals surface area (Å²) in [4.78, 5) is 0. The van der Waals surface area contributed by atoms with Gasteiger partial charge in [-0.1, -0.05) is 121 Å². The molecule has 0 atom stereocenters. The van der Waals surface area contributed by atoms with E-state index in [2.05, 4.69) is 121 Å². The average molecular weight is 371 g/mol. The number of rotatable bonds is 4. The fourth-order valence-electron chi connectivity index (χ4n) is 2.85. The first-order valence-electron chi connectivity index (χ1n) is 9.06. The van der Waals surface area contributed by atoms with Crippen molar-refractivity contribution >= 4 is 13.5 Å². The van der Waals surface area contributed by atoms with Crippen molar-refractivity contribution in [2.45, 2.75) is 12.8 Å². The second-order valence-electron chi connectivity index (χ2n) is 6.30. The van der Waals surface area contributed by atoms with E-state index < -0.39 is 0 Å². The highest BCUT2D eigenvalue weighted by Gasteiger charge is 1.93. The summed E-state index contributed by atoms with van der Waals surface area (Å²) < 4.78 is 0. The van der Waals surface area contributed by atoms with Crippen LogP contribution in [-0.2, 0) is 12.8 Å². The van der Waals surface area contributed by atoms with Gasteiger partial charge in [-0.15, -0.1) is 0 Å². The van der Waals surface area contributed by atoms with Gasteiger partial charge in [0.1, 0.15) is 0 Å². The van der Waals surface area contributed by atoms with Gasteiger partial charge in [-0.25, -0.2) is 0 Å². The van der Waals surface area contributed by atoms with Gasteiger partial charge in [-0.2, -0.15) is 13.5 Å². The maximum Gasteiger partial charge on any atom is -0.00258 e. The largest absolute Gasteiger partial charge is 0.197 e. The molecule has 0 N–H and O–H groups in total. The minimum Gasteiger partial charge on any atom is -0.197 e. The Morgan fingerprint density at radius 2 is 0.481 bits per heavy atom. The molecule has 0 aromatic heterocycles. The summed E-state index contributed by atoms with van der Waals surface area (Å²) in [6.07, 6.45) is 2.06. The Kier molecular flexibility index (Phi) is 8.95. The Morgan fingerprint density at radius 1 is 0.296 bits per heavy atom. The molecule has 136 valence electrons. The average Bonchev–Trinajstić information content (AvgIpc) is 2.72. The third-order valence-corrected chi connectivity index (χ3v) is 4.19. The van der Waals surface area contributed by atoms with Crippen LogP contribution in [0, 0.1) is 0 Å². The van der Waals surface area contributed by atoms with E-state index in [1.807, 2.05) is 0 Å². The summed E-state index contributed by atoms with van der Waals surface area (Å²) in [5, 5.41) is 0. The Balaban J connectivity index is 0.000000187. The molecule has 0 bridgehead atoms. The summed E-state index contributed by atoms with van der Waals surface area (Å²) in [7, 11) is 0. The van der Waals surface area contributed by atoms with Crippen molar-refractivity contribution in [3.05, 3.63) is 144 Å². The van der Waals surface area contributed by atoms with Gasteiger partial charge >= 0.3 is 0 Å². The summed E-state index contributed by atoms with van der Waals surface area (Å²) >= 11 is 0. The fraction of sp³-hybridized carbons (Fsp3) is 0.0769. The van der Waals surface area contributed by atoms with Gasteiger partial charge in [-0.3, -0.25) is 0 Å². The Labute approximate surface area is 170 Å². The highest BCUT2D eigenvalue weighted by molar-refractivity contribution is 7.59. The van der Waals surface area contributed by atoms with Crippen molar-refractivity contribution in [3.8, 4) is 0 Å². The molecule has 4 aromatic rings. The molecular formula is C26H26S. The van der Waals surface area contributed by atoms with Crippen LogP contribution in [0.1, 0.15) is 22.3 Å². The first kappa shape index (κ1) is 20.5. The van der Waals surface area contributed by atoms with Crippen LogP contribution in [0.15, 0.2) is 121 Å². The molecule has 0 saturated heterocycles. The smallest absolute Gasteiger partial charge is 0.00258 e. The molecule has 0 aliphatic rings. The van der Waals surface area contributed by atoms with Gasteiger partial charge in [0.15, 0.2) is 0 Å². The van der Waals surface area contributed by atoms with Crippen molar-refractivity contribution in [2.24, 2.45) is 0 Å². The minimum atomic E-state index is 0. The molecule has 0 unspecified atom stereocenters. The van der Waals surface area contributed by atoms with Crippen molar-refractivity contribution in [1.82, 2.24) is 0 Å². The monoisotopic (exact) mass is 370 g/mol. The van der Waals surface area contributed by atoms with Crippen LogP contribution in [0.5, 0.6) is 0 Å². The van der Waals surface area contributed by atoms with Gasteiger partial charge in [0.05, 0.1) is 0 Å². The Hall–Kier alpha value is -2.77. The number of hydrogen-bond donors (Lipinski definition) is 0. The molecule has 27 heavy (non-hydrogen) atoms. The molecule has 4 rings (SSSR count). The van der Waals surface area contributed by atoms with Gasteiger partial charge in [0, 0.05) is 0 Å². The zero-order valence-corrected chi connectivity index (χ0v) is 16.5. The SMILES string of the molecule is S.c1ccc(Cc2ccccc2)cc1.c1ccc(Cc2ccccc2)cc1. The molecule has 0 amide bonds. The molecule has 0 radical (unpaired) electrons. The van der Waals surface area contributed by atoms with E-state index >= 15 is 0 Å². The lowest BCUT2D eigenvalue weighted by atomic mass is 10.1. The van der Waals surface area contributed by atoms with E-state index in [9.17, 15) is 0 Å². The van der Waals surface area contributed by atoms with Crippen LogP contribution in [0.25, 0.3) is 0 Å². The normalized spacial score (nSPS) is 9.48. The second kappa shape index (κ2) is 11.8. The van der Waals surface area contributed by atoms with E-state index in [1.165, 1.54) is 22.3 Å². The maximum absolute atomic E-state index is 2.16. The van der Waals surface area contributed by atoms with Gasteiger partial charge in [0.2, 0.25) is 0 Å². The Bertz CT molecular complexity index is 705. The highest BCUT2D eigenvalue weighted by atomic mass is 32.1. The van der Waals surface area contributed by atoms with E-state index in [4.69, 9.17) is 0 Å². The summed E-state index contributed by atoms with van der Waals surface area (Å²) in [6.45, 7) is 0. The standard InChI is InChI=1S/2C13H12.H2S/c2*1-3-7-12(8-4-1)11-13-9-5-2-6-10-13;/h2*1-10H,11H2;1H2. The minimum absolute atomic E-state index is 0. The van der Waals surface area contributed by atoms with Crippen molar-refractivity contribution in [2.75, 3.05) is 0 Å². The zero-order valence-electron chi connectivity index (χ0n) is 15.5. The van der Waals surface area contributed by atoms with Crippen LogP contribution in [0.4, 0.5) is 0 Å². The Morgan fingerprint density at radius 3 is 0.667 bits per heavy atom. The van der Waals surface area contributed by atoms with Crippen molar-refractivity contribution in [1.29, 1.82) is 0 Å². The van der Waals surface area contributed by atoms with E-state index in [1.54, 1.807) is 0 Å². The molecule has 0 aliphatic carbocycles. The lowest BCUT2D eigenvalue weighted by molar-refractivity contribution is 1.19. The third-order valence-electron chi connectivity index (χ3n) is 4.19. The summed E-state index contributed by atoms with van der Waals surface area (Å²) in [6, 6.07) is 42.1. The third kappa shape index (κ3) is 7.55. The van der Waals surface area contributed by atoms with Crippen LogP contribution in [-0.4, -0.2) is 0 Å². The van der Waals surface area contributed by atoms with Crippen LogP contribution < -0.4 is 0 Å². The molecule has 0 fully saturated rings. The predicted octanol–water partition coefficient (Wildman–Crippen LogP) is 6.67. The van der Waals surface area contributed by atoms with E-state index in [-0.39, 0.29) is 13.5 Å². The van der Waals surface area contributed by atoms with E-state index in [0.29, 0.717) is 0 Å². The molecule has 1 heteroatoms. The van der Waals surface area contributed by atoms with Gasteiger partial charge in [-0.05, 0) is 35.1 Å². The van der Waals surface area contributed by atoms with Gasteiger partial charge < -0.3 is 0 Å². The zero-order chi connectivity index (χ0) is 17.9. The van der Waals surface area contributed by atoms with E-state index in [0.717, 1.165) is 12.8 Å². The molecular weight excluding hydrogens is 344 g/mol. The second-order valence-corrected chi connectivity index (χ2v) is 6.30. The summed E-state index contributed by atoms with van der Waals surface area (Å²) in [5.74, 6) is 0. The molecule has 0 aliphatic heterocycles. The summed E-state index contributed by atoms with van der Waals surface area (Å²) in [5.41, 5.74) is 5.48. The first-order valence-corrected chi connectivity index (χ1v) is 9.06. The number of benzene rings is 4. The topological polar surface area (TPSA) is 0 Å². The first-order chi connectivity index (χ1) is 12.9. The highest BCUT2D eigenvalue weighted by Crippen LogP contribution is 2.08. The molecule has 0 heterocycles. The predicted molar refractivity (Wildman–Crippen MR) is 122 cm³/mol. The van der Waals surface area contributed by atoms with Crippen molar-refractivity contribution in [3.63, 3.8) is 0 Å². The maximum atomic E-state index is 2.16. The van der Waals surface area contributed by atoms with Gasteiger partial charge in [0.25, 0.3) is 0 Å². The van der Waals surface area contributed by atoms with Crippen LogP contribution in [0.3, 0.4) is 0 Å². The molecule has 4 aromatic carbocycles. The molecule has 0 spiro atoms. The quantitative estimate of drug-likeness (QED) is 0.376. The lowest BCUT2D eigenvalue weighted by Gasteiger charge is -2.00. The number of hydrogen-bond acceptors (Lipinski definition) is 0. The van der Waals surface area contributed by atoms with Crippen LogP contribution in [0.2, 0.25) is 0 Å². The fourth-order valence-corrected chi connectivity index (χ4v) is 2.85. The molecule has 0 saturated carbocycles. The lowest BCUT2D eigenvalue weighted by Crippen LogP contribution is -1.85. The van der Waals surface area contributed by atoms with Crippen molar-refractivity contribution < 1.29 is 0 Å².